The van der Waals surface area contributed by atoms with Crippen LogP contribution in [0.3, 0.4) is 0 Å². The molecule has 2 rings (SSSR count). The van der Waals surface area contributed by atoms with E-state index in [1.165, 1.54) is 6.07 Å². The van der Waals surface area contributed by atoms with Gasteiger partial charge in [-0.05, 0) is 46.3 Å². The minimum Gasteiger partial charge on any atom is -0.399 e. The van der Waals surface area contributed by atoms with Crippen molar-refractivity contribution in [2.75, 3.05) is 11.1 Å². The number of rotatable bonds is 2. The molecule has 98 valence electrons. The van der Waals surface area contributed by atoms with Gasteiger partial charge < -0.3 is 11.1 Å². The molecule has 0 unspecified atom stereocenters. The quantitative estimate of drug-likeness (QED) is 0.770. The molecule has 3 N–H and O–H groups in total. The molecule has 0 aliphatic rings. The summed E-state index contributed by atoms with van der Waals surface area (Å²) in [6, 6.07) is 9.92. The highest BCUT2D eigenvalue weighted by Crippen LogP contribution is 2.30. The summed E-state index contributed by atoms with van der Waals surface area (Å²) in [5.41, 5.74) is 7.01. The largest absolute Gasteiger partial charge is 0.399 e. The number of amides is 1. The lowest BCUT2D eigenvalue weighted by atomic mass is 10.2. The van der Waals surface area contributed by atoms with Gasteiger partial charge in [0.2, 0.25) is 0 Å². The number of hydrogen-bond acceptors (Lipinski definition) is 2. The third-order valence-electron chi connectivity index (χ3n) is 2.44. The number of carbonyl (C=O) groups excluding carboxylic acids is 1. The number of halogens is 3. The van der Waals surface area contributed by atoms with E-state index in [1.807, 2.05) is 0 Å². The number of hydrogen-bond donors (Lipinski definition) is 2. The minimum absolute atomic E-state index is 0.302. The van der Waals surface area contributed by atoms with E-state index in [0.717, 1.165) is 0 Å². The van der Waals surface area contributed by atoms with Crippen LogP contribution in [0.15, 0.2) is 40.9 Å². The van der Waals surface area contributed by atoms with Crippen molar-refractivity contribution in [1.82, 2.24) is 0 Å². The van der Waals surface area contributed by atoms with Gasteiger partial charge in [0, 0.05) is 5.69 Å². The van der Waals surface area contributed by atoms with Gasteiger partial charge in [-0.25, -0.2) is 0 Å². The Bertz CT molecular complexity index is 647. The molecule has 0 heterocycles. The molecule has 0 bridgehead atoms. The van der Waals surface area contributed by atoms with E-state index in [9.17, 15) is 4.79 Å². The highest BCUT2D eigenvalue weighted by Gasteiger charge is 2.13. The zero-order chi connectivity index (χ0) is 14.0. The molecule has 0 aromatic heterocycles. The maximum atomic E-state index is 12.1. The Morgan fingerprint density at radius 3 is 2.58 bits per heavy atom. The SMILES string of the molecule is Nc1ccc(C(=O)Nc2cccc(Cl)c2Br)c(Cl)c1. The first-order chi connectivity index (χ1) is 8.99. The summed E-state index contributed by atoms with van der Waals surface area (Å²) in [7, 11) is 0. The van der Waals surface area contributed by atoms with Crippen LogP contribution in [0.1, 0.15) is 10.4 Å². The second-order valence-corrected chi connectivity index (χ2v) is 5.40. The highest BCUT2D eigenvalue weighted by atomic mass is 79.9. The van der Waals surface area contributed by atoms with Crippen molar-refractivity contribution in [2.24, 2.45) is 0 Å². The minimum atomic E-state index is -0.326. The number of nitrogen functional groups attached to an aromatic ring is 1. The lowest BCUT2D eigenvalue weighted by Gasteiger charge is -2.09. The number of carbonyl (C=O) groups is 1. The molecule has 0 radical (unpaired) electrons. The van der Waals surface area contributed by atoms with Gasteiger partial charge >= 0.3 is 0 Å². The van der Waals surface area contributed by atoms with Gasteiger partial charge in [0.25, 0.3) is 5.91 Å². The Hall–Kier alpha value is -1.23. The Morgan fingerprint density at radius 1 is 1.16 bits per heavy atom. The molecular weight excluding hydrogens is 351 g/mol. The first-order valence-corrected chi connectivity index (χ1v) is 6.84. The predicted octanol–water partition coefficient (Wildman–Crippen LogP) is 4.59. The second-order valence-electron chi connectivity index (χ2n) is 3.79. The van der Waals surface area contributed by atoms with Gasteiger partial charge in [-0.15, -0.1) is 0 Å². The van der Waals surface area contributed by atoms with Crippen LogP contribution in [0.5, 0.6) is 0 Å². The zero-order valence-corrected chi connectivity index (χ0v) is 12.7. The van der Waals surface area contributed by atoms with Crippen LogP contribution in [0.4, 0.5) is 11.4 Å². The molecule has 0 aliphatic carbocycles. The molecule has 2 aromatic rings. The summed E-state index contributed by atoms with van der Waals surface area (Å²) in [6.07, 6.45) is 0. The molecule has 0 spiro atoms. The summed E-state index contributed by atoms with van der Waals surface area (Å²) in [4.78, 5) is 12.1. The molecule has 19 heavy (non-hydrogen) atoms. The molecule has 1 amide bonds. The van der Waals surface area contributed by atoms with E-state index < -0.39 is 0 Å². The van der Waals surface area contributed by atoms with Crippen LogP contribution < -0.4 is 11.1 Å². The second kappa shape index (κ2) is 5.82. The van der Waals surface area contributed by atoms with E-state index in [1.54, 1.807) is 30.3 Å². The predicted molar refractivity (Wildman–Crippen MR) is 83.0 cm³/mol. The maximum absolute atomic E-state index is 12.1. The van der Waals surface area contributed by atoms with E-state index in [4.69, 9.17) is 28.9 Å². The first kappa shape index (κ1) is 14.2. The Labute approximate surface area is 128 Å². The van der Waals surface area contributed by atoms with Crippen LogP contribution in [-0.4, -0.2) is 5.91 Å². The summed E-state index contributed by atoms with van der Waals surface area (Å²) >= 11 is 15.2. The Morgan fingerprint density at radius 2 is 1.89 bits per heavy atom. The van der Waals surface area contributed by atoms with Gasteiger partial charge in [-0.3, -0.25) is 4.79 Å². The monoisotopic (exact) mass is 358 g/mol. The smallest absolute Gasteiger partial charge is 0.257 e. The number of nitrogens with one attached hydrogen (secondary N) is 1. The molecule has 2 aromatic carbocycles. The third-order valence-corrected chi connectivity index (χ3v) is 4.15. The van der Waals surface area contributed by atoms with Crippen molar-refractivity contribution in [3.05, 3.63) is 56.5 Å². The summed E-state index contributed by atoms with van der Waals surface area (Å²) in [5.74, 6) is -0.326. The van der Waals surface area contributed by atoms with Gasteiger partial charge in [-0.2, -0.15) is 0 Å². The van der Waals surface area contributed by atoms with Crippen LogP contribution in [0, 0.1) is 0 Å². The van der Waals surface area contributed by atoms with Crippen molar-refractivity contribution >= 4 is 56.4 Å². The topological polar surface area (TPSA) is 55.1 Å². The van der Waals surface area contributed by atoms with Gasteiger partial charge in [-0.1, -0.05) is 29.3 Å². The first-order valence-electron chi connectivity index (χ1n) is 5.29. The lowest BCUT2D eigenvalue weighted by molar-refractivity contribution is 0.102. The van der Waals surface area contributed by atoms with Crippen molar-refractivity contribution in [1.29, 1.82) is 0 Å². The number of anilines is 2. The van der Waals surface area contributed by atoms with E-state index in [-0.39, 0.29) is 5.91 Å². The fraction of sp³-hybridized carbons (Fsp3) is 0. The van der Waals surface area contributed by atoms with Gasteiger partial charge in [0.05, 0.1) is 25.8 Å². The van der Waals surface area contributed by atoms with Crippen LogP contribution >= 0.6 is 39.1 Å². The van der Waals surface area contributed by atoms with Gasteiger partial charge in [0.15, 0.2) is 0 Å². The summed E-state index contributed by atoms with van der Waals surface area (Å²) in [5, 5.41) is 3.55. The Kier molecular flexibility index (Phi) is 4.34. The van der Waals surface area contributed by atoms with Crippen LogP contribution in [0.25, 0.3) is 0 Å². The van der Waals surface area contributed by atoms with Crippen molar-refractivity contribution in [2.45, 2.75) is 0 Å². The fourth-order valence-electron chi connectivity index (χ4n) is 1.51. The molecule has 3 nitrogen and oxygen atoms in total. The molecule has 0 fully saturated rings. The average Bonchev–Trinajstić information content (AvgIpc) is 2.34. The van der Waals surface area contributed by atoms with Crippen LogP contribution in [0.2, 0.25) is 10.0 Å². The van der Waals surface area contributed by atoms with E-state index in [2.05, 4.69) is 21.2 Å². The van der Waals surface area contributed by atoms with Crippen LogP contribution in [-0.2, 0) is 0 Å². The summed E-state index contributed by atoms with van der Waals surface area (Å²) < 4.78 is 0.622. The maximum Gasteiger partial charge on any atom is 0.257 e. The molecular formula is C13H9BrCl2N2O. The van der Waals surface area contributed by atoms with Crippen molar-refractivity contribution in [3.8, 4) is 0 Å². The molecule has 0 saturated carbocycles. The Balaban J connectivity index is 2.28. The van der Waals surface area contributed by atoms with E-state index in [0.29, 0.717) is 31.5 Å². The normalized spacial score (nSPS) is 10.3. The van der Waals surface area contributed by atoms with E-state index >= 15 is 0 Å². The van der Waals surface area contributed by atoms with Gasteiger partial charge in [0.1, 0.15) is 0 Å². The number of benzene rings is 2. The highest BCUT2D eigenvalue weighted by molar-refractivity contribution is 9.10. The lowest BCUT2D eigenvalue weighted by Crippen LogP contribution is -2.13. The molecule has 6 heteroatoms. The third kappa shape index (κ3) is 3.21. The summed E-state index contributed by atoms with van der Waals surface area (Å²) in [6.45, 7) is 0. The van der Waals surface area contributed by atoms with Crippen molar-refractivity contribution in [3.63, 3.8) is 0 Å². The number of nitrogens with two attached hydrogens (primary N) is 1. The average molecular weight is 360 g/mol. The standard InChI is InChI=1S/C13H9BrCl2N2O/c14-12-9(15)2-1-3-11(12)18-13(19)8-5-4-7(17)6-10(8)16/h1-6H,17H2,(H,18,19). The molecule has 0 saturated heterocycles. The zero-order valence-electron chi connectivity index (χ0n) is 9.58. The molecule has 0 atom stereocenters. The molecule has 0 aliphatic heterocycles. The fourth-order valence-corrected chi connectivity index (χ4v) is 2.32. The van der Waals surface area contributed by atoms with Crippen molar-refractivity contribution < 1.29 is 4.79 Å².